The van der Waals surface area contributed by atoms with Crippen molar-refractivity contribution in [3.05, 3.63) is 53.6 Å². The molecule has 1 amide bonds. The summed E-state index contributed by atoms with van der Waals surface area (Å²) >= 11 is 0. The molecule has 1 N–H and O–H groups in total. The minimum Gasteiger partial charge on any atom is -0.379 e. The number of Topliss-reactive ketones (excluding diaryl/α,β-unsaturated/α-hetero) is 1. The zero-order chi connectivity index (χ0) is 20.5. The zero-order valence-corrected chi connectivity index (χ0v) is 16.8. The van der Waals surface area contributed by atoms with E-state index >= 15 is 0 Å². The van der Waals surface area contributed by atoms with Crippen LogP contribution in [0.4, 0.5) is 0 Å². The summed E-state index contributed by atoms with van der Waals surface area (Å²) in [6.45, 7) is 5.43. The number of ketones is 1. The van der Waals surface area contributed by atoms with E-state index in [-0.39, 0.29) is 11.7 Å². The number of para-hydroxylation sites is 1. The molecule has 1 saturated heterocycles. The predicted molar refractivity (Wildman–Crippen MR) is 114 cm³/mol. The number of nitrogens with zero attached hydrogens (tertiary/aromatic N) is 3. The maximum absolute atomic E-state index is 12.5. The lowest BCUT2D eigenvalue weighted by molar-refractivity contribution is 0.0383. The number of imidazole rings is 1. The average Bonchev–Trinajstić information content (AvgIpc) is 3.17. The molecule has 5 rings (SSSR count). The smallest absolute Gasteiger partial charge is 0.251 e. The van der Waals surface area contributed by atoms with Crippen molar-refractivity contribution in [2.75, 3.05) is 39.4 Å². The van der Waals surface area contributed by atoms with Crippen molar-refractivity contribution >= 4 is 22.7 Å². The van der Waals surface area contributed by atoms with Crippen LogP contribution in [0.25, 0.3) is 22.4 Å². The van der Waals surface area contributed by atoms with Gasteiger partial charge in [-0.15, -0.1) is 0 Å². The predicted octanol–water partition coefficient (Wildman–Crippen LogP) is 2.35. The van der Waals surface area contributed by atoms with Crippen molar-refractivity contribution in [3.63, 3.8) is 0 Å². The van der Waals surface area contributed by atoms with Crippen LogP contribution >= 0.6 is 0 Å². The largest absolute Gasteiger partial charge is 0.379 e. The Morgan fingerprint density at radius 1 is 1.07 bits per heavy atom. The van der Waals surface area contributed by atoms with E-state index in [4.69, 9.17) is 9.72 Å². The average molecular weight is 404 g/mol. The Morgan fingerprint density at radius 2 is 1.87 bits per heavy atom. The van der Waals surface area contributed by atoms with E-state index in [1.165, 1.54) is 0 Å². The normalized spacial score (nSPS) is 16.7. The summed E-state index contributed by atoms with van der Waals surface area (Å²) in [5.41, 5.74) is 4.06. The van der Waals surface area contributed by atoms with E-state index in [1.807, 2.05) is 42.5 Å². The number of carbonyl (C=O) groups excluding carboxylic acids is 2. The van der Waals surface area contributed by atoms with Gasteiger partial charge in [0.2, 0.25) is 0 Å². The van der Waals surface area contributed by atoms with E-state index in [2.05, 4.69) is 14.8 Å². The SMILES string of the molecule is O=C(NCCN1CCOCC1)c1ccc(-c2nc3cccc4c3n2CCC4=O)cc1. The number of aromatic nitrogens is 2. The van der Waals surface area contributed by atoms with Crippen molar-refractivity contribution < 1.29 is 14.3 Å². The molecule has 0 saturated carbocycles. The van der Waals surface area contributed by atoms with Gasteiger partial charge in [0.1, 0.15) is 5.82 Å². The number of carbonyl (C=O) groups is 2. The molecule has 3 aromatic rings. The summed E-state index contributed by atoms with van der Waals surface area (Å²) in [5.74, 6) is 0.935. The summed E-state index contributed by atoms with van der Waals surface area (Å²) in [5, 5.41) is 2.99. The van der Waals surface area contributed by atoms with Crippen LogP contribution in [0.15, 0.2) is 42.5 Å². The van der Waals surface area contributed by atoms with E-state index in [1.54, 1.807) is 0 Å². The van der Waals surface area contributed by atoms with Crippen LogP contribution in [0, 0.1) is 0 Å². The second kappa shape index (κ2) is 8.01. The molecule has 1 aromatic heterocycles. The van der Waals surface area contributed by atoms with Crippen molar-refractivity contribution in [2.24, 2.45) is 0 Å². The molecule has 30 heavy (non-hydrogen) atoms. The Hall–Kier alpha value is -3.03. The maximum atomic E-state index is 12.5. The molecule has 0 radical (unpaired) electrons. The van der Waals surface area contributed by atoms with E-state index in [0.717, 1.165) is 60.8 Å². The summed E-state index contributed by atoms with van der Waals surface area (Å²) < 4.78 is 7.46. The third-order valence-corrected chi connectivity index (χ3v) is 5.85. The van der Waals surface area contributed by atoms with Crippen LogP contribution in [-0.4, -0.2) is 65.5 Å². The summed E-state index contributed by atoms with van der Waals surface area (Å²) in [7, 11) is 0. The van der Waals surface area contributed by atoms with Crippen LogP contribution in [0.5, 0.6) is 0 Å². The zero-order valence-electron chi connectivity index (χ0n) is 16.8. The van der Waals surface area contributed by atoms with Gasteiger partial charge in [0.05, 0.1) is 24.2 Å². The second-order valence-corrected chi connectivity index (χ2v) is 7.72. The number of nitrogens with one attached hydrogen (secondary N) is 1. The molecular weight excluding hydrogens is 380 g/mol. The number of ether oxygens (including phenoxy) is 1. The monoisotopic (exact) mass is 404 g/mol. The van der Waals surface area contributed by atoms with Gasteiger partial charge in [0, 0.05) is 55.8 Å². The molecule has 1 fully saturated rings. The molecule has 2 aromatic carbocycles. The highest BCUT2D eigenvalue weighted by Gasteiger charge is 2.23. The van der Waals surface area contributed by atoms with Gasteiger partial charge in [-0.25, -0.2) is 4.98 Å². The molecular formula is C23H24N4O3. The first kappa shape index (κ1) is 19.0. The van der Waals surface area contributed by atoms with E-state index in [9.17, 15) is 9.59 Å². The number of hydrogen-bond acceptors (Lipinski definition) is 5. The van der Waals surface area contributed by atoms with Crippen LogP contribution in [0.2, 0.25) is 0 Å². The van der Waals surface area contributed by atoms with Crippen molar-refractivity contribution in [1.29, 1.82) is 0 Å². The van der Waals surface area contributed by atoms with Crippen molar-refractivity contribution in [2.45, 2.75) is 13.0 Å². The molecule has 0 bridgehead atoms. The Balaban J connectivity index is 1.31. The lowest BCUT2D eigenvalue weighted by Crippen LogP contribution is -2.41. The highest BCUT2D eigenvalue weighted by atomic mass is 16.5. The number of aryl methyl sites for hydroxylation is 1. The van der Waals surface area contributed by atoms with Gasteiger partial charge >= 0.3 is 0 Å². The molecule has 0 unspecified atom stereocenters. The second-order valence-electron chi connectivity index (χ2n) is 7.72. The fourth-order valence-electron chi connectivity index (χ4n) is 4.22. The number of morpholine rings is 1. The molecule has 0 aliphatic carbocycles. The lowest BCUT2D eigenvalue weighted by Gasteiger charge is -2.26. The first-order valence-electron chi connectivity index (χ1n) is 10.4. The Kier molecular flexibility index (Phi) is 5.06. The molecule has 3 heterocycles. The van der Waals surface area contributed by atoms with Gasteiger partial charge in [-0.3, -0.25) is 14.5 Å². The van der Waals surface area contributed by atoms with Gasteiger partial charge in [0.15, 0.2) is 5.78 Å². The molecule has 0 spiro atoms. The molecule has 7 nitrogen and oxygen atoms in total. The highest BCUT2D eigenvalue weighted by Crippen LogP contribution is 2.31. The highest BCUT2D eigenvalue weighted by molar-refractivity contribution is 6.08. The van der Waals surface area contributed by atoms with Crippen molar-refractivity contribution in [1.82, 2.24) is 19.8 Å². The number of benzene rings is 2. The third-order valence-electron chi connectivity index (χ3n) is 5.85. The first-order valence-corrected chi connectivity index (χ1v) is 10.4. The fraction of sp³-hybridized carbons (Fsp3) is 0.348. The van der Waals surface area contributed by atoms with Crippen LogP contribution in [0.3, 0.4) is 0 Å². The van der Waals surface area contributed by atoms with Gasteiger partial charge in [-0.1, -0.05) is 18.2 Å². The van der Waals surface area contributed by atoms with Crippen LogP contribution in [-0.2, 0) is 11.3 Å². The minimum absolute atomic E-state index is 0.0719. The van der Waals surface area contributed by atoms with Gasteiger partial charge in [-0.05, 0) is 24.3 Å². The van der Waals surface area contributed by atoms with Crippen LogP contribution < -0.4 is 5.32 Å². The number of hydrogen-bond donors (Lipinski definition) is 1. The maximum Gasteiger partial charge on any atom is 0.251 e. The minimum atomic E-state index is -0.0719. The summed E-state index contributed by atoms with van der Waals surface area (Å²) in [4.78, 5) is 31.8. The van der Waals surface area contributed by atoms with Crippen LogP contribution in [0.1, 0.15) is 27.1 Å². The fourth-order valence-corrected chi connectivity index (χ4v) is 4.22. The molecule has 7 heteroatoms. The van der Waals surface area contributed by atoms with Gasteiger partial charge in [0.25, 0.3) is 5.91 Å². The van der Waals surface area contributed by atoms with Gasteiger partial charge in [-0.2, -0.15) is 0 Å². The standard InChI is InChI=1S/C23H24N4O3/c28-20-8-10-27-21-18(20)2-1-3-19(21)25-22(27)16-4-6-17(7-5-16)23(29)24-9-11-26-12-14-30-15-13-26/h1-7H,8-15H2,(H,24,29). The van der Waals surface area contributed by atoms with Gasteiger partial charge < -0.3 is 14.6 Å². The Bertz CT molecular complexity index is 1100. The Morgan fingerprint density at radius 3 is 2.67 bits per heavy atom. The molecule has 2 aliphatic rings. The molecule has 2 aliphatic heterocycles. The van der Waals surface area contributed by atoms with E-state index < -0.39 is 0 Å². The summed E-state index contributed by atoms with van der Waals surface area (Å²) in [6, 6.07) is 13.2. The molecule has 0 atom stereocenters. The first-order chi connectivity index (χ1) is 14.7. The lowest BCUT2D eigenvalue weighted by atomic mass is 10.0. The van der Waals surface area contributed by atoms with Crippen molar-refractivity contribution in [3.8, 4) is 11.4 Å². The topological polar surface area (TPSA) is 76.5 Å². The third kappa shape index (κ3) is 3.51. The number of rotatable bonds is 5. The number of amides is 1. The molecule has 154 valence electrons. The Labute approximate surface area is 174 Å². The summed E-state index contributed by atoms with van der Waals surface area (Å²) in [6.07, 6.45) is 0.485. The van der Waals surface area contributed by atoms with E-state index in [0.29, 0.717) is 25.1 Å². The quantitative estimate of drug-likeness (QED) is 0.707.